The number of anilines is 1. The van der Waals surface area contributed by atoms with Crippen LogP contribution in [0.25, 0.3) is 0 Å². The van der Waals surface area contributed by atoms with Crippen molar-refractivity contribution < 1.29 is 9.59 Å². The van der Waals surface area contributed by atoms with E-state index in [1.165, 1.54) is 0 Å². The maximum Gasteiger partial charge on any atom is 0.253 e. The van der Waals surface area contributed by atoms with E-state index in [0.29, 0.717) is 24.3 Å². The summed E-state index contributed by atoms with van der Waals surface area (Å²) in [7, 11) is 0. The molecule has 0 spiro atoms. The van der Waals surface area contributed by atoms with Gasteiger partial charge in [-0.05, 0) is 45.0 Å². The van der Waals surface area contributed by atoms with Crippen LogP contribution in [0.2, 0.25) is 0 Å². The van der Waals surface area contributed by atoms with Crippen LogP contribution >= 0.6 is 12.4 Å². The van der Waals surface area contributed by atoms with Crippen molar-refractivity contribution in [2.24, 2.45) is 5.73 Å². The van der Waals surface area contributed by atoms with Crippen molar-refractivity contribution in [3.8, 4) is 0 Å². The third-order valence-electron chi connectivity index (χ3n) is 2.86. The molecule has 112 valence electrons. The molecule has 0 aliphatic rings. The van der Waals surface area contributed by atoms with Crippen LogP contribution in [0.3, 0.4) is 0 Å². The van der Waals surface area contributed by atoms with Gasteiger partial charge in [-0.3, -0.25) is 9.59 Å². The second-order valence-corrected chi connectivity index (χ2v) is 4.33. The van der Waals surface area contributed by atoms with Gasteiger partial charge < -0.3 is 16.0 Å². The van der Waals surface area contributed by atoms with E-state index in [1.807, 2.05) is 13.8 Å². The predicted molar refractivity (Wildman–Crippen MR) is 83.2 cm³/mol. The van der Waals surface area contributed by atoms with Crippen molar-refractivity contribution in [2.75, 3.05) is 18.4 Å². The Hall–Kier alpha value is -1.59. The topological polar surface area (TPSA) is 75.4 Å². The molecule has 0 heterocycles. The van der Waals surface area contributed by atoms with Gasteiger partial charge in [0.1, 0.15) is 0 Å². The summed E-state index contributed by atoms with van der Waals surface area (Å²) < 4.78 is 0. The zero-order valence-corrected chi connectivity index (χ0v) is 12.9. The first-order valence-electron chi connectivity index (χ1n) is 6.45. The molecule has 5 nitrogen and oxygen atoms in total. The Morgan fingerprint density at radius 1 is 1.20 bits per heavy atom. The van der Waals surface area contributed by atoms with Crippen LogP contribution in [0.1, 0.15) is 31.1 Å². The molecule has 0 fully saturated rings. The number of carbonyl (C=O) groups is 2. The lowest BCUT2D eigenvalue weighted by atomic mass is 10.1. The summed E-state index contributed by atoms with van der Waals surface area (Å²) in [5.41, 5.74) is 6.72. The number of nitrogens with one attached hydrogen (secondary N) is 1. The van der Waals surface area contributed by atoms with Crippen molar-refractivity contribution >= 4 is 29.9 Å². The highest BCUT2D eigenvalue weighted by Crippen LogP contribution is 2.11. The largest absolute Gasteiger partial charge is 0.339 e. The van der Waals surface area contributed by atoms with Crippen LogP contribution < -0.4 is 11.1 Å². The smallest absolute Gasteiger partial charge is 0.253 e. The predicted octanol–water partition coefficient (Wildman–Crippen LogP) is 1.88. The Bertz CT molecular complexity index is 442. The molecule has 20 heavy (non-hydrogen) atoms. The third kappa shape index (κ3) is 4.83. The van der Waals surface area contributed by atoms with Crippen molar-refractivity contribution in [1.29, 1.82) is 0 Å². The van der Waals surface area contributed by atoms with Crippen LogP contribution in [-0.2, 0) is 4.79 Å². The summed E-state index contributed by atoms with van der Waals surface area (Å²) in [6, 6.07) is 6.26. The Kier molecular flexibility index (Phi) is 7.87. The van der Waals surface area contributed by atoms with E-state index in [4.69, 9.17) is 5.73 Å². The minimum atomic E-state index is -0.558. The standard InChI is InChI=1S/C14H21N3O2.ClH/c1-4-17(5-2)14(19)11-6-8-12(9-7-11)16-13(18)10(3)15;/h6-10H,4-5,15H2,1-3H3,(H,16,18);1H/t10-;/m1./s1. The molecule has 1 rings (SSSR count). The third-order valence-corrected chi connectivity index (χ3v) is 2.86. The monoisotopic (exact) mass is 299 g/mol. The summed E-state index contributed by atoms with van der Waals surface area (Å²) in [6.45, 7) is 6.86. The van der Waals surface area contributed by atoms with Gasteiger partial charge in [-0.25, -0.2) is 0 Å². The normalized spacial score (nSPS) is 11.2. The number of carbonyl (C=O) groups excluding carboxylic acids is 2. The second-order valence-electron chi connectivity index (χ2n) is 4.33. The van der Waals surface area contributed by atoms with E-state index < -0.39 is 6.04 Å². The lowest BCUT2D eigenvalue weighted by Crippen LogP contribution is -2.32. The number of rotatable bonds is 5. The van der Waals surface area contributed by atoms with Crippen LogP contribution in [-0.4, -0.2) is 35.8 Å². The van der Waals surface area contributed by atoms with Gasteiger partial charge in [0.05, 0.1) is 6.04 Å². The summed E-state index contributed by atoms with van der Waals surface area (Å²) in [5, 5.41) is 2.68. The van der Waals surface area contributed by atoms with Gasteiger partial charge in [-0.15, -0.1) is 12.4 Å². The molecule has 3 N–H and O–H groups in total. The van der Waals surface area contributed by atoms with Gasteiger partial charge in [-0.1, -0.05) is 0 Å². The number of amides is 2. The fourth-order valence-electron chi connectivity index (χ4n) is 1.65. The van der Waals surface area contributed by atoms with Crippen molar-refractivity contribution in [3.05, 3.63) is 29.8 Å². The number of nitrogens with two attached hydrogens (primary N) is 1. The maximum absolute atomic E-state index is 12.1. The molecule has 6 heteroatoms. The van der Waals surface area contributed by atoms with Crippen LogP contribution in [0.5, 0.6) is 0 Å². The molecule has 0 bridgehead atoms. The number of halogens is 1. The molecule has 0 aromatic heterocycles. The second kappa shape index (κ2) is 8.55. The zero-order chi connectivity index (χ0) is 14.4. The first-order valence-corrected chi connectivity index (χ1v) is 6.45. The van der Waals surface area contributed by atoms with E-state index >= 15 is 0 Å². The van der Waals surface area contributed by atoms with E-state index in [2.05, 4.69) is 5.32 Å². The van der Waals surface area contributed by atoms with Gasteiger partial charge in [0, 0.05) is 24.3 Å². The lowest BCUT2D eigenvalue weighted by Gasteiger charge is -2.18. The molecule has 2 amide bonds. The number of hydrogen-bond donors (Lipinski definition) is 2. The summed E-state index contributed by atoms with van der Waals surface area (Å²) in [4.78, 5) is 25.2. The molecule has 0 radical (unpaired) electrons. The first-order chi connectivity index (χ1) is 8.99. The van der Waals surface area contributed by atoms with Gasteiger partial charge in [0.15, 0.2) is 0 Å². The Morgan fingerprint density at radius 3 is 2.10 bits per heavy atom. The highest BCUT2D eigenvalue weighted by Gasteiger charge is 2.12. The first kappa shape index (κ1) is 18.4. The quantitative estimate of drug-likeness (QED) is 0.871. The summed E-state index contributed by atoms with van der Waals surface area (Å²) in [6.07, 6.45) is 0. The minimum Gasteiger partial charge on any atom is -0.339 e. The van der Waals surface area contributed by atoms with Crippen molar-refractivity contribution in [1.82, 2.24) is 4.90 Å². The van der Waals surface area contributed by atoms with Crippen LogP contribution in [0, 0.1) is 0 Å². The van der Waals surface area contributed by atoms with Gasteiger partial charge in [-0.2, -0.15) is 0 Å². The van der Waals surface area contributed by atoms with Crippen LogP contribution in [0.4, 0.5) is 5.69 Å². The number of hydrogen-bond acceptors (Lipinski definition) is 3. The van der Waals surface area contributed by atoms with Gasteiger partial charge in [0.25, 0.3) is 5.91 Å². The number of nitrogens with zero attached hydrogens (tertiary/aromatic N) is 1. The number of benzene rings is 1. The summed E-state index contributed by atoms with van der Waals surface area (Å²) >= 11 is 0. The van der Waals surface area contributed by atoms with Crippen molar-refractivity contribution in [2.45, 2.75) is 26.8 Å². The fraction of sp³-hybridized carbons (Fsp3) is 0.429. The molecule has 1 aromatic carbocycles. The minimum absolute atomic E-state index is 0. The molecule has 0 unspecified atom stereocenters. The molecule has 0 saturated carbocycles. The molecule has 0 aliphatic carbocycles. The van der Waals surface area contributed by atoms with Crippen LogP contribution in [0.15, 0.2) is 24.3 Å². The van der Waals surface area contributed by atoms with E-state index in [-0.39, 0.29) is 24.2 Å². The fourth-order valence-corrected chi connectivity index (χ4v) is 1.65. The highest BCUT2D eigenvalue weighted by atomic mass is 35.5. The molecule has 1 aromatic rings. The average molecular weight is 300 g/mol. The Labute approximate surface area is 125 Å². The van der Waals surface area contributed by atoms with E-state index in [9.17, 15) is 9.59 Å². The van der Waals surface area contributed by atoms with E-state index in [0.717, 1.165) is 0 Å². The highest BCUT2D eigenvalue weighted by molar-refractivity contribution is 5.96. The average Bonchev–Trinajstić information content (AvgIpc) is 2.40. The zero-order valence-electron chi connectivity index (χ0n) is 12.1. The molecular weight excluding hydrogens is 278 g/mol. The molecule has 1 atom stereocenters. The van der Waals surface area contributed by atoms with Crippen molar-refractivity contribution in [3.63, 3.8) is 0 Å². The maximum atomic E-state index is 12.1. The molecular formula is C14H22ClN3O2. The SMILES string of the molecule is CCN(CC)C(=O)c1ccc(NC(=O)[C@@H](C)N)cc1.Cl. The summed E-state index contributed by atoms with van der Waals surface area (Å²) in [5.74, 6) is -0.252. The Balaban J connectivity index is 0.00000361. The lowest BCUT2D eigenvalue weighted by molar-refractivity contribution is -0.117. The van der Waals surface area contributed by atoms with Gasteiger partial charge in [0.2, 0.25) is 5.91 Å². The van der Waals surface area contributed by atoms with E-state index in [1.54, 1.807) is 36.1 Å². The van der Waals surface area contributed by atoms with Gasteiger partial charge >= 0.3 is 0 Å². The molecule has 0 aliphatic heterocycles. The Morgan fingerprint density at radius 2 is 1.70 bits per heavy atom. The molecule has 0 saturated heterocycles.